The van der Waals surface area contributed by atoms with E-state index in [2.05, 4.69) is 17.6 Å². The molecule has 1 atom stereocenters. The summed E-state index contributed by atoms with van der Waals surface area (Å²) < 4.78 is 13.1. The number of hydrogen-bond donors (Lipinski definition) is 2. The first-order valence-electron chi connectivity index (χ1n) is 6.92. The summed E-state index contributed by atoms with van der Waals surface area (Å²) in [5.74, 6) is -0.0504. The second-order valence-electron chi connectivity index (χ2n) is 5.11. The Kier molecular flexibility index (Phi) is 4.93. The van der Waals surface area contributed by atoms with Gasteiger partial charge in [0.05, 0.1) is 0 Å². The molecule has 0 aromatic heterocycles. The number of aryl methyl sites for hydroxylation is 1. The maximum atomic E-state index is 13.1. The van der Waals surface area contributed by atoms with Crippen molar-refractivity contribution in [1.29, 1.82) is 0 Å². The van der Waals surface area contributed by atoms with Crippen molar-refractivity contribution in [3.63, 3.8) is 0 Å². The van der Waals surface area contributed by atoms with Crippen LogP contribution in [0.1, 0.15) is 24.0 Å². The van der Waals surface area contributed by atoms with Gasteiger partial charge < -0.3 is 10.6 Å². The van der Waals surface area contributed by atoms with Gasteiger partial charge in [-0.05, 0) is 42.2 Å². The number of halogens is 1. The van der Waals surface area contributed by atoms with Gasteiger partial charge in [0.15, 0.2) is 0 Å². The molecule has 1 unspecified atom stereocenters. The number of rotatable bonds is 4. The Morgan fingerprint density at radius 2 is 1.90 bits per heavy atom. The topological polar surface area (TPSA) is 41.1 Å². The van der Waals surface area contributed by atoms with Crippen LogP contribution in [0.5, 0.6) is 0 Å². The van der Waals surface area contributed by atoms with Crippen LogP contribution in [0.2, 0.25) is 0 Å². The zero-order valence-corrected chi connectivity index (χ0v) is 12.2. The van der Waals surface area contributed by atoms with Crippen molar-refractivity contribution in [2.24, 2.45) is 0 Å². The van der Waals surface area contributed by atoms with Gasteiger partial charge in [-0.3, -0.25) is 0 Å². The lowest BCUT2D eigenvalue weighted by atomic mass is 10.0. The van der Waals surface area contributed by atoms with E-state index in [1.807, 2.05) is 30.3 Å². The van der Waals surface area contributed by atoms with Crippen LogP contribution in [0, 0.1) is 12.7 Å². The van der Waals surface area contributed by atoms with Gasteiger partial charge in [-0.25, -0.2) is 9.18 Å². The molecule has 0 bridgehead atoms. The number of carbonyl (C=O) groups is 1. The van der Waals surface area contributed by atoms with Crippen molar-refractivity contribution in [1.82, 2.24) is 5.32 Å². The summed E-state index contributed by atoms with van der Waals surface area (Å²) in [6.45, 7) is 4.25. The minimum atomic E-state index is -0.288. The molecule has 0 aliphatic rings. The van der Waals surface area contributed by atoms with Crippen molar-refractivity contribution < 1.29 is 9.18 Å². The van der Waals surface area contributed by atoms with Crippen LogP contribution in [0.4, 0.5) is 14.9 Å². The lowest BCUT2D eigenvalue weighted by Crippen LogP contribution is -2.31. The lowest BCUT2D eigenvalue weighted by molar-refractivity contribution is 0.251. The standard InChI is InChI=1S/C17H19FN2O/c1-12-10-15(8-9-16(12)18)20-17(21)19-11-13(2)14-6-4-3-5-7-14/h3-10,13H,11H2,1-2H3,(H2,19,20,21). The van der Waals surface area contributed by atoms with Crippen molar-refractivity contribution in [3.8, 4) is 0 Å². The first-order valence-corrected chi connectivity index (χ1v) is 6.92. The third-order valence-corrected chi connectivity index (χ3v) is 3.35. The van der Waals surface area contributed by atoms with Crippen molar-refractivity contribution in [2.45, 2.75) is 19.8 Å². The molecule has 4 heteroatoms. The van der Waals surface area contributed by atoms with Gasteiger partial charge in [0.1, 0.15) is 5.82 Å². The van der Waals surface area contributed by atoms with Crippen molar-refractivity contribution in [2.75, 3.05) is 11.9 Å². The molecule has 2 rings (SSSR count). The SMILES string of the molecule is Cc1cc(NC(=O)NCC(C)c2ccccc2)ccc1F. The van der Waals surface area contributed by atoms with Crippen LogP contribution < -0.4 is 10.6 Å². The molecule has 0 heterocycles. The third-order valence-electron chi connectivity index (χ3n) is 3.35. The first kappa shape index (κ1) is 15.0. The van der Waals surface area contributed by atoms with E-state index in [4.69, 9.17) is 0 Å². The maximum absolute atomic E-state index is 13.1. The van der Waals surface area contributed by atoms with Crippen LogP contribution >= 0.6 is 0 Å². The third kappa shape index (κ3) is 4.31. The number of hydrogen-bond acceptors (Lipinski definition) is 1. The highest BCUT2D eigenvalue weighted by atomic mass is 19.1. The monoisotopic (exact) mass is 286 g/mol. The Morgan fingerprint density at radius 1 is 1.19 bits per heavy atom. The highest BCUT2D eigenvalue weighted by Crippen LogP contribution is 2.15. The molecule has 21 heavy (non-hydrogen) atoms. The molecule has 0 saturated carbocycles. The Morgan fingerprint density at radius 3 is 2.57 bits per heavy atom. The summed E-state index contributed by atoms with van der Waals surface area (Å²) in [7, 11) is 0. The fraction of sp³-hybridized carbons (Fsp3) is 0.235. The minimum absolute atomic E-state index is 0.229. The molecule has 0 radical (unpaired) electrons. The predicted octanol–water partition coefficient (Wildman–Crippen LogP) is 4.06. The number of urea groups is 1. The average Bonchev–Trinajstić information content (AvgIpc) is 2.49. The van der Waals surface area contributed by atoms with Crippen LogP contribution in [-0.2, 0) is 0 Å². The number of nitrogens with one attached hydrogen (secondary N) is 2. The smallest absolute Gasteiger partial charge is 0.319 e. The van der Waals surface area contributed by atoms with Crippen LogP contribution in [-0.4, -0.2) is 12.6 Å². The molecule has 3 nitrogen and oxygen atoms in total. The van der Waals surface area contributed by atoms with Gasteiger partial charge >= 0.3 is 6.03 Å². The van der Waals surface area contributed by atoms with E-state index in [1.165, 1.54) is 11.6 Å². The molecule has 0 saturated heterocycles. The lowest BCUT2D eigenvalue weighted by Gasteiger charge is -2.14. The zero-order chi connectivity index (χ0) is 15.2. The van der Waals surface area contributed by atoms with Gasteiger partial charge in [-0.15, -0.1) is 0 Å². The number of amides is 2. The largest absolute Gasteiger partial charge is 0.337 e. The molecular weight excluding hydrogens is 267 g/mol. The fourth-order valence-electron chi connectivity index (χ4n) is 2.04. The van der Waals surface area contributed by atoms with Crippen LogP contribution in [0.25, 0.3) is 0 Å². The quantitative estimate of drug-likeness (QED) is 0.874. The Bertz CT molecular complexity index is 613. The second-order valence-corrected chi connectivity index (χ2v) is 5.11. The molecule has 0 fully saturated rings. The molecular formula is C17H19FN2O. The Labute approximate surface area is 124 Å². The van der Waals surface area contributed by atoms with Crippen molar-refractivity contribution >= 4 is 11.7 Å². The summed E-state index contributed by atoms with van der Waals surface area (Å²) >= 11 is 0. The predicted molar refractivity (Wildman–Crippen MR) is 83.0 cm³/mol. The maximum Gasteiger partial charge on any atom is 0.319 e. The van der Waals surface area contributed by atoms with E-state index in [9.17, 15) is 9.18 Å². The first-order chi connectivity index (χ1) is 10.1. The molecule has 2 aromatic carbocycles. The molecule has 0 aliphatic carbocycles. The summed E-state index contributed by atoms with van der Waals surface area (Å²) in [5.41, 5.74) is 2.26. The number of benzene rings is 2. The van der Waals surface area contributed by atoms with E-state index in [0.29, 0.717) is 17.8 Å². The number of carbonyl (C=O) groups excluding carboxylic acids is 1. The van der Waals surface area contributed by atoms with E-state index < -0.39 is 0 Å². The fourth-order valence-corrected chi connectivity index (χ4v) is 2.04. The van der Waals surface area contributed by atoms with Gasteiger partial charge in [-0.1, -0.05) is 37.3 Å². The van der Waals surface area contributed by atoms with Crippen LogP contribution in [0.3, 0.4) is 0 Å². The molecule has 110 valence electrons. The van der Waals surface area contributed by atoms with Gasteiger partial charge in [0, 0.05) is 12.2 Å². The van der Waals surface area contributed by atoms with E-state index in [1.54, 1.807) is 19.1 Å². The molecule has 0 spiro atoms. The van der Waals surface area contributed by atoms with E-state index in [-0.39, 0.29) is 17.8 Å². The molecule has 2 amide bonds. The molecule has 2 N–H and O–H groups in total. The molecule has 0 aliphatic heterocycles. The summed E-state index contributed by atoms with van der Waals surface area (Å²) in [6, 6.07) is 14.2. The van der Waals surface area contributed by atoms with E-state index in [0.717, 1.165) is 0 Å². The summed E-state index contributed by atoms with van der Waals surface area (Å²) in [6.07, 6.45) is 0. The van der Waals surface area contributed by atoms with E-state index >= 15 is 0 Å². The summed E-state index contributed by atoms with van der Waals surface area (Å²) in [5, 5.41) is 5.52. The van der Waals surface area contributed by atoms with Gasteiger partial charge in [0.2, 0.25) is 0 Å². The Hall–Kier alpha value is -2.36. The minimum Gasteiger partial charge on any atom is -0.337 e. The highest BCUT2D eigenvalue weighted by molar-refractivity contribution is 5.89. The second kappa shape index (κ2) is 6.88. The normalized spacial score (nSPS) is 11.8. The van der Waals surface area contributed by atoms with Gasteiger partial charge in [-0.2, -0.15) is 0 Å². The number of anilines is 1. The average molecular weight is 286 g/mol. The van der Waals surface area contributed by atoms with Crippen LogP contribution in [0.15, 0.2) is 48.5 Å². The Balaban J connectivity index is 1.86. The zero-order valence-electron chi connectivity index (χ0n) is 12.2. The van der Waals surface area contributed by atoms with Crippen molar-refractivity contribution in [3.05, 3.63) is 65.5 Å². The highest BCUT2D eigenvalue weighted by Gasteiger charge is 2.08. The molecule has 2 aromatic rings. The van der Waals surface area contributed by atoms with Gasteiger partial charge in [0.25, 0.3) is 0 Å². The summed E-state index contributed by atoms with van der Waals surface area (Å²) in [4.78, 5) is 11.8.